The first-order chi connectivity index (χ1) is 10.2. The quantitative estimate of drug-likeness (QED) is 0.690. The highest BCUT2D eigenvalue weighted by Crippen LogP contribution is 2.25. The fraction of sp³-hybridized carbons (Fsp3) is 0.188. The smallest absolute Gasteiger partial charge is 0.234 e. The average molecular weight is 281 g/mol. The third kappa shape index (κ3) is 2.50. The first kappa shape index (κ1) is 13.3. The Morgan fingerprint density at radius 3 is 2.67 bits per heavy atom. The average Bonchev–Trinajstić information content (AvgIpc) is 2.86. The molecule has 0 spiro atoms. The van der Waals surface area contributed by atoms with Crippen LogP contribution in [0.15, 0.2) is 42.7 Å². The third-order valence-electron chi connectivity index (χ3n) is 3.05. The van der Waals surface area contributed by atoms with Crippen LogP contribution in [-0.2, 0) is 0 Å². The molecule has 3 aromatic rings. The van der Waals surface area contributed by atoms with Crippen LogP contribution in [0.5, 0.6) is 5.75 Å². The van der Waals surface area contributed by atoms with E-state index < -0.39 is 0 Å². The first-order valence-electron chi connectivity index (χ1n) is 6.74. The van der Waals surface area contributed by atoms with Crippen molar-refractivity contribution in [2.75, 3.05) is 0 Å². The molecule has 0 amide bonds. The van der Waals surface area contributed by atoms with Crippen LogP contribution >= 0.6 is 0 Å². The summed E-state index contributed by atoms with van der Waals surface area (Å²) in [5.41, 5.74) is 1.98. The number of hydrogen-bond acceptors (Lipinski definition) is 4. The van der Waals surface area contributed by atoms with Crippen LogP contribution < -0.4 is 4.74 Å². The number of carbonyl (C=O) groups excluding carboxylic acids is 1. The van der Waals surface area contributed by atoms with Gasteiger partial charge in [-0.3, -0.25) is 9.20 Å². The van der Waals surface area contributed by atoms with E-state index in [1.165, 1.54) is 0 Å². The SMILES string of the molecule is CC(C)Oc1ccc(-c2nc3ncccn3c2C=O)cc1. The topological polar surface area (TPSA) is 56.5 Å². The molecule has 0 aliphatic heterocycles. The summed E-state index contributed by atoms with van der Waals surface area (Å²) in [4.78, 5) is 20.0. The van der Waals surface area contributed by atoms with Gasteiger partial charge in [-0.15, -0.1) is 0 Å². The van der Waals surface area contributed by atoms with Crippen molar-refractivity contribution in [3.8, 4) is 17.0 Å². The van der Waals surface area contributed by atoms with E-state index in [0.717, 1.165) is 17.6 Å². The number of benzene rings is 1. The molecular weight excluding hydrogens is 266 g/mol. The number of rotatable bonds is 4. The monoisotopic (exact) mass is 281 g/mol. The number of nitrogens with zero attached hydrogens (tertiary/aromatic N) is 3. The zero-order valence-electron chi connectivity index (χ0n) is 11.9. The maximum Gasteiger partial charge on any atom is 0.234 e. The maximum atomic E-state index is 11.4. The third-order valence-corrected chi connectivity index (χ3v) is 3.05. The Bertz CT molecular complexity index is 776. The number of fused-ring (bicyclic) bond motifs is 1. The van der Waals surface area contributed by atoms with E-state index in [1.54, 1.807) is 22.9 Å². The second-order valence-corrected chi connectivity index (χ2v) is 4.94. The predicted octanol–water partition coefficient (Wildman–Crippen LogP) is 3.00. The molecule has 0 aliphatic rings. The highest BCUT2D eigenvalue weighted by atomic mass is 16.5. The number of aromatic nitrogens is 3. The Morgan fingerprint density at radius 2 is 2.00 bits per heavy atom. The molecule has 2 heterocycles. The lowest BCUT2D eigenvalue weighted by molar-refractivity contribution is 0.111. The molecule has 0 unspecified atom stereocenters. The molecular formula is C16H15N3O2. The Morgan fingerprint density at radius 1 is 1.24 bits per heavy atom. The van der Waals surface area contributed by atoms with E-state index in [2.05, 4.69) is 9.97 Å². The molecule has 5 nitrogen and oxygen atoms in total. The van der Waals surface area contributed by atoms with Crippen LogP contribution in [0.3, 0.4) is 0 Å². The van der Waals surface area contributed by atoms with Gasteiger partial charge < -0.3 is 4.74 Å². The lowest BCUT2D eigenvalue weighted by Crippen LogP contribution is -2.05. The van der Waals surface area contributed by atoms with E-state index in [0.29, 0.717) is 17.2 Å². The zero-order chi connectivity index (χ0) is 14.8. The van der Waals surface area contributed by atoms with Gasteiger partial charge >= 0.3 is 0 Å². The minimum Gasteiger partial charge on any atom is -0.491 e. The number of aldehydes is 1. The number of hydrogen-bond donors (Lipinski definition) is 0. The van der Waals surface area contributed by atoms with Crippen LogP contribution in [0.25, 0.3) is 17.0 Å². The summed E-state index contributed by atoms with van der Waals surface area (Å²) in [6.45, 7) is 3.96. The summed E-state index contributed by atoms with van der Waals surface area (Å²) < 4.78 is 7.29. The number of carbonyl (C=O) groups is 1. The van der Waals surface area contributed by atoms with Crippen LogP contribution in [0.2, 0.25) is 0 Å². The van der Waals surface area contributed by atoms with E-state index in [-0.39, 0.29) is 6.10 Å². The van der Waals surface area contributed by atoms with E-state index in [9.17, 15) is 4.79 Å². The molecule has 1 aromatic carbocycles. The van der Waals surface area contributed by atoms with Gasteiger partial charge in [0.2, 0.25) is 5.78 Å². The fourth-order valence-corrected chi connectivity index (χ4v) is 2.19. The van der Waals surface area contributed by atoms with Gasteiger partial charge in [0.25, 0.3) is 0 Å². The second-order valence-electron chi connectivity index (χ2n) is 4.94. The van der Waals surface area contributed by atoms with E-state index in [1.807, 2.05) is 38.1 Å². The van der Waals surface area contributed by atoms with Gasteiger partial charge in [-0.1, -0.05) is 0 Å². The summed E-state index contributed by atoms with van der Waals surface area (Å²) in [7, 11) is 0. The summed E-state index contributed by atoms with van der Waals surface area (Å²) >= 11 is 0. The molecule has 0 atom stereocenters. The summed E-state index contributed by atoms with van der Waals surface area (Å²) in [6.07, 6.45) is 4.36. The molecule has 0 N–H and O–H groups in total. The lowest BCUT2D eigenvalue weighted by Gasteiger charge is -2.09. The predicted molar refractivity (Wildman–Crippen MR) is 79.6 cm³/mol. The molecule has 0 saturated heterocycles. The molecule has 5 heteroatoms. The molecule has 0 saturated carbocycles. The number of ether oxygens (including phenoxy) is 1. The van der Waals surface area contributed by atoms with Crippen LogP contribution in [0.1, 0.15) is 24.3 Å². The fourth-order valence-electron chi connectivity index (χ4n) is 2.19. The van der Waals surface area contributed by atoms with Crippen molar-refractivity contribution in [1.82, 2.24) is 14.4 Å². The molecule has 21 heavy (non-hydrogen) atoms. The van der Waals surface area contributed by atoms with Crippen molar-refractivity contribution in [2.45, 2.75) is 20.0 Å². The molecule has 0 radical (unpaired) electrons. The van der Waals surface area contributed by atoms with Crippen molar-refractivity contribution in [3.05, 3.63) is 48.4 Å². The normalized spacial score (nSPS) is 11.0. The van der Waals surface area contributed by atoms with Crippen molar-refractivity contribution in [1.29, 1.82) is 0 Å². The summed E-state index contributed by atoms with van der Waals surface area (Å²) in [5, 5.41) is 0. The minimum atomic E-state index is 0.126. The second kappa shape index (κ2) is 5.36. The van der Waals surface area contributed by atoms with Gasteiger partial charge in [0.05, 0.1) is 6.10 Å². The van der Waals surface area contributed by atoms with Gasteiger partial charge in [-0.05, 0) is 44.2 Å². The Hall–Kier alpha value is -2.69. The molecule has 0 aliphatic carbocycles. The largest absolute Gasteiger partial charge is 0.491 e. The van der Waals surface area contributed by atoms with Crippen LogP contribution in [0.4, 0.5) is 0 Å². The van der Waals surface area contributed by atoms with E-state index in [4.69, 9.17) is 4.74 Å². The first-order valence-corrected chi connectivity index (χ1v) is 6.74. The van der Waals surface area contributed by atoms with Gasteiger partial charge in [0, 0.05) is 18.0 Å². The van der Waals surface area contributed by atoms with Gasteiger partial charge in [-0.2, -0.15) is 0 Å². The molecule has 3 rings (SSSR count). The lowest BCUT2D eigenvalue weighted by atomic mass is 10.1. The standard InChI is InChI=1S/C16H15N3O2/c1-11(2)21-13-6-4-12(5-7-13)15-14(10-20)19-9-3-8-17-16(19)18-15/h3-11H,1-2H3. The maximum absolute atomic E-state index is 11.4. The molecule has 0 fully saturated rings. The summed E-state index contributed by atoms with van der Waals surface area (Å²) in [5.74, 6) is 1.31. The molecule has 2 aromatic heterocycles. The van der Waals surface area contributed by atoms with Crippen molar-refractivity contribution in [2.24, 2.45) is 0 Å². The Balaban J connectivity index is 2.05. The minimum absolute atomic E-state index is 0.126. The Kier molecular flexibility index (Phi) is 3.39. The van der Waals surface area contributed by atoms with Crippen molar-refractivity contribution in [3.63, 3.8) is 0 Å². The highest BCUT2D eigenvalue weighted by Gasteiger charge is 2.13. The number of imidazole rings is 1. The van der Waals surface area contributed by atoms with Gasteiger partial charge in [-0.25, -0.2) is 9.97 Å². The van der Waals surface area contributed by atoms with Crippen LogP contribution in [0, 0.1) is 0 Å². The van der Waals surface area contributed by atoms with Gasteiger partial charge in [0.15, 0.2) is 6.29 Å². The van der Waals surface area contributed by atoms with Crippen LogP contribution in [-0.4, -0.2) is 26.8 Å². The molecule has 0 bridgehead atoms. The zero-order valence-corrected chi connectivity index (χ0v) is 11.9. The highest BCUT2D eigenvalue weighted by molar-refractivity contribution is 5.85. The molecule has 106 valence electrons. The van der Waals surface area contributed by atoms with Crippen molar-refractivity contribution < 1.29 is 9.53 Å². The van der Waals surface area contributed by atoms with Gasteiger partial charge in [0.1, 0.15) is 17.1 Å². The summed E-state index contributed by atoms with van der Waals surface area (Å²) in [6, 6.07) is 9.31. The van der Waals surface area contributed by atoms with Crippen molar-refractivity contribution >= 4 is 12.1 Å². The Labute approximate surface area is 122 Å². The van der Waals surface area contributed by atoms with E-state index >= 15 is 0 Å².